The molecule has 0 aliphatic rings. The van der Waals surface area contributed by atoms with Crippen LogP contribution in [0.5, 0.6) is 11.5 Å². The minimum Gasteiger partial charge on any atom is -0.490 e. The molecule has 2 rings (SSSR count). The number of nitrogens with zero attached hydrogens (tertiary/aromatic N) is 1. The Bertz CT molecular complexity index is 676. The first-order chi connectivity index (χ1) is 10.7. The molecule has 4 nitrogen and oxygen atoms in total. The largest absolute Gasteiger partial charge is 0.490 e. The van der Waals surface area contributed by atoms with Crippen LogP contribution in [0.25, 0.3) is 0 Å². The van der Waals surface area contributed by atoms with Gasteiger partial charge in [-0.1, -0.05) is 35.0 Å². The summed E-state index contributed by atoms with van der Waals surface area (Å²) in [5.74, 6) is 1.15. The predicted octanol–water partition coefficient (Wildman–Crippen LogP) is 4.89. The number of hydrogen-bond donors (Lipinski definition) is 1. The molecule has 1 N–H and O–H groups in total. The lowest BCUT2D eigenvalue weighted by molar-refractivity contribution is 0.267. The van der Waals surface area contributed by atoms with Crippen LogP contribution in [0, 0.1) is 0 Å². The van der Waals surface area contributed by atoms with Gasteiger partial charge < -0.3 is 14.7 Å². The Morgan fingerprint density at radius 2 is 2.05 bits per heavy atom. The summed E-state index contributed by atoms with van der Waals surface area (Å²) >= 11 is 9.58. The van der Waals surface area contributed by atoms with Crippen molar-refractivity contribution in [2.45, 2.75) is 13.5 Å². The molecule has 22 heavy (non-hydrogen) atoms. The molecule has 0 fully saturated rings. The van der Waals surface area contributed by atoms with Crippen LogP contribution in [0.4, 0.5) is 0 Å². The van der Waals surface area contributed by atoms with Crippen LogP contribution in [-0.4, -0.2) is 18.0 Å². The average molecular weight is 385 g/mol. The number of ether oxygens (including phenoxy) is 2. The van der Waals surface area contributed by atoms with Crippen molar-refractivity contribution in [3.63, 3.8) is 0 Å². The van der Waals surface area contributed by atoms with E-state index in [4.69, 9.17) is 26.3 Å². The Balaban J connectivity index is 2.27. The molecule has 0 saturated heterocycles. The normalized spacial score (nSPS) is 10.9. The summed E-state index contributed by atoms with van der Waals surface area (Å²) in [6.07, 6.45) is 1.32. The van der Waals surface area contributed by atoms with E-state index in [0.717, 1.165) is 5.56 Å². The van der Waals surface area contributed by atoms with E-state index in [-0.39, 0.29) is 0 Å². The monoisotopic (exact) mass is 383 g/mol. The van der Waals surface area contributed by atoms with E-state index in [9.17, 15) is 0 Å². The van der Waals surface area contributed by atoms with Crippen molar-refractivity contribution < 1.29 is 14.7 Å². The highest BCUT2D eigenvalue weighted by molar-refractivity contribution is 9.10. The summed E-state index contributed by atoms with van der Waals surface area (Å²) in [6, 6.07) is 11.0. The van der Waals surface area contributed by atoms with Crippen LogP contribution in [0.1, 0.15) is 18.1 Å². The molecule has 6 heteroatoms. The number of oxime groups is 1. The van der Waals surface area contributed by atoms with Gasteiger partial charge in [0.15, 0.2) is 11.5 Å². The second-order valence-corrected chi connectivity index (χ2v) is 5.65. The zero-order valence-electron chi connectivity index (χ0n) is 11.9. The maximum atomic E-state index is 8.65. The van der Waals surface area contributed by atoms with Gasteiger partial charge in [0.2, 0.25) is 0 Å². The van der Waals surface area contributed by atoms with Gasteiger partial charge >= 0.3 is 0 Å². The number of benzene rings is 2. The van der Waals surface area contributed by atoms with Gasteiger partial charge in [0, 0.05) is 16.1 Å². The SMILES string of the molecule is CCOc1cc(C=NO)cc(Br)c1OCc1ccccc1Cl. The lowest BCUT2D eigenvalue weighted by Crippen LogP contribution is -2.02. The third kappa shape index (κ3) is 4.15. The summed E-state index contributed by atoms with van der Waals surface area (Å²) in [7, 11) is 0. The Kier molecular flexibility index (Phi) is 6.10. The molecule has 0 aromatic heterocycles. The molecule has 0 atom stereocenters. The molecule has 0 unspecified atom stereocenters. The molecule has 0 spiro atoms. The first kappa shape index (κ1) is 16.6. The smallest absolute Gasteiger partial charge is 0.175 e. The molecule has 0 aliphatic carbocycles. The molecular weight excluding hydrogens is 370 g/mol. The van der Waals surface area contributed by atoms with Crippen LogP contribution in [0.2, 0.25) is 5.02 Å². The molecule has 0 amide bonds. The zero-order chi connectivity index (χ0) is 15.9. The highest BCUT2D eigenvalue weighted by Crippen LogP contribution is 2.37. The minimum absolute atomic E-state index is 0.325. The van der Waals surface area contributed by atoms with Gasteiger partial charge in [-0.3, -0.25) is 0 Å². The molecule has 0 heterocycles. The molecule has 0 radical (unpaired) electrons. The van der Waals surface area contributed by atoms with Crippen LogP contribution in [-0.2, 0) is 6.61 Å². The number of halogens is 2. The molecule has 0 bridgehead atoms. The van der Waals surface area contributed by atoms with Gasteiger partial charge in [0.05, 0.1) is 17.3 Å². The minimum atomic E-state index is 0.325. The fourth-order valence-electron chi connectivity index (χ4n) is 1.90. The van der Waals surface area contributed by atoms with E-state index >= 15 is 0 Å². The average Bonchev–Trinajstić information content (AvgIpc) is 2.49. The third-order valence-electron chi connectivity index (χ3n) is 2.87. The second-order valence-electron chi connectivity index (χ2n) is 4.39. The Labute approximate surface area is 142 Å². The van der Waals surface area contributed by atoms with E-state index in [1.807, 2.05) is 31.2 Å². The molecule has 0 saturated carbocycles. The summed E-state index contributed by atoms with van der Waals surface area (Å²) in [5.41, 5.74) is 1.59. The fourth-order valence-corrected chi connectivity index (χ4v) is 2.66. The molecule has 0 aliphatic heterocycles. The Morgan fingerprint density at radius 1 is 1.27 bits per heavy atom. The highest BCUT2D eigenvalue weighted by Gasteiger charge is 2.13. The van der Waals surface area contributed by atoms with Crippen molar-refractivity contribution >= 4 is 33.7 Å². The lowest BCUT2D eigenvalue weighted by atomic mass is 10.2. The Morgan fingerprint density at radius 3 is 2.73 bits per heavy atom. The number of rotatable bonds is 6. The van der Waals surface area contributed by atoms with Gasteiger partial charge in [-0.15, -0.1) is 0 Å². The lowest BCUT2D eigenvalue weighted by Gasteiger charge is -2.15. The predicted molar refractivity (Wildman–Crippen MR) is 90.5 cm³/mol. The third-order valence-corrected chi connectivity index (χ3v) is 3.83. The van der Waals surface area contributed by atoms with E-state index < -0.39 is 0 Å². The van der Waals surface area contributed by atoms with Gasteiger partial charge in [-0.2, -0.15) is 0 Å². The quantitative estimate of drug-likeness (QED) is 0.438. The van der Waals surface area contributed by atoms with Crippen LogP contribution in [0.15, 0.2) is 46.0 Å². The number of hydrogen-bond acceptors (Lipinski definition) is 4. The first-order valence-corrected chi connectivity index (χ1v) is 7.82. The van der Waals surface area contributed by atoms with Gasteiger partial charge in [0.1, 0.15) is 6.61 Å². The maximum absolute atomic E-state index is 8.65. The van der Waals surface area contributed by atoms with Crippen molar-refractivity contribution in [2.75, 3.05) is 6.61 Å². The van der Waals surface area contributed by atoms with Crippen molar-refractivity contribution in [3.05, 3.63) is 57.0 Å². The van der Waals surface area contributed by atoms with Gasteiger partial charge in [-0.25, -0.2) is 0 Å². The summed E-state index contributed by atoms with van der Waals surface area (Å²) in [5, 5.41) is 12.3. The van der Waals surface area contributed by atoms with Crippen LogP contribution < -0.4 is 9.47 Å². The summed E-state index contributed by atoms with van der Waals surface area (Å²) in [4.78, 5) is 0. The summed E-state index contributed by atoms with van der Waals surface area (Å²) < 4.78 is 12.2. The van der Waals surface area contributed by atoms with Crippen molar-refractivity contribution in [1.29, 1.82) is 0 Å². The molecular formula is C16H15BrClNO3. The van der Waals surface area contributed by atoms with E-state index in [2.05, 4.69) is 21.1 Å². The molecule has 2 aromatic rings. The van der Waals surface area contributed by atoms with E-state index in [0.29, 0.717) is 39.8 Å². The summed E-state index contributed by atoms with van der Waals surface area (Å²) in [6.45, 7) is 2.71. The van der Waals surface area contributed by atoms with Gasteiger partial charge in [0.25, 0.3) is 0 Å². The topological polar surface area (TPSA) is 51.0 Å². The van der Waals surface area contributed by atoms with Crippen molar-refractivity contribution in [3.8, 4) is 11.5 Å². The van der Waals surface area contributed by atoms with Crippen molar-refractivity contribution in [1.82, 2.24) is 0 Å². The van der Waals surface area contributed by atoms with Gasteiger partial charge in [-0.05, 0) is 41.1 Å². The zero-order valence-corrected chi connectivity index (χ0v) is 14.3. The van der Waals surface area contributed by atoms with E-state index in [1.54, 1.807) is 12.1 Å². The van der Waals surface area contributed by atoms with Crippen LogP contribution in [0.3, 0.4) is 0 Å². The van der Waals surface area contributed by atoms with Crippen molar-refractivity contribution in [2.24, 2.45) is 5.16 Å². The van der Waals surface area contributed by atoms with Crippen LogP contribution >= 0.6 is 27.5 Å². The molecule has 116 valence electrons. The second kappa shape index (κ2) is 8.06. The standard InChI is InChI=1S/C16H15BrClNO3/c1-2-21-15-8-11(9-19-20)7-13(17)16(15)22-10-12-5-3-4-6-14(12)18/h3-9,20H,2,10H2,1H3. The highest BCUT2D eigenvalue weighted by atomic mass is 79.9. The molecule has 2 aromatic carbocycles. The van der Waals surface area contributed by atoms with E-state index in [1.165, 1.54) is 6.21 Å². The Hall–Kier alpha value is -1.72. The maximum Gasteiger partial charge on any atom is 0.175 e. The fraction of sp³-hybridized carbons (Fsp3) is 0.188. The first-order valence-electron chi connectivity index (χ1n) is 6.65.